The number of aromatic nitrogens is 4. The number of H-pyrrole nitrogens is 1. The van der Waals surface area contributed by atoms with Crippen LogP contribution < -0.4 is 5.32 Å². The van der Waals surface area contributed by atoms with Gasteiger partial charge in [0.2, 0.25) is 5.95 Å². The molecular weight excluding hydrogens is 230 g/mol. The molecule has 0 bridgehead atoms. The number of rotatable bonds is 6. The fourth-order valence-corrected chi connectivity index (χ4v) is 1.63. The highest BCUT2D eigenvalue weighted by Gasteiger charge is 2.06. The highest BCUT2D eigenvalue weighted by molar-refractivity contribution is 5.61. The second-order valence-corrected chi connectivity index (χ2v) is 3.92. The van der Waals surface area contributed by atoms with Gasteiger partial charge in [-0.1, -0.05) is 0 Å². The first-order valence-corrected chi connectivity index (χ1v) is 5.88. The summed E-state index contributed by atoms with van der Waals surface area (Å²) < 4.78 is 4.98. The van der Waals surface area contributed by atoms with Crippen molar-refractivity contribution in [2.24, 2.45) is 0 Å². The maximum Gasteiger partial charge on any atom is 0.223 e. The molecule has 96 valence electrons. The minimum atomic E-state index is 0.629. The molecule has 0 saturated carbocycles. The number of hydrogen-bond donors (Lipinski definition) is 2. The van der Waals surface area contributed by atoms with E-state index in [9.17, 15) is 0 Å². The van der Waals surface area contributed by atoms with E-state index in [0.29, 0.717) is 5.95 Å². The Balaban J connectivity index is 2.04. The third-order valence-electron chi connectivity index (χ3n) is 2.57. The summed E-state index contributed by atoms with van der Waals surface area (Å²) in [6.45, 7) is 3.47. The summed E-state index contributed by atoms with van der Waals surface area (Å²) >= 11 is 0. The standard InChI is InChI=1S/C12H17N5O/c1-9-10(8-15-17-9)11-4-6-14-12(16-11)13-5-3-7-18-2/h4,6,8H,3,5,7H2,1-2H3,(H,15,17)(H,13,14,16). The summed E-state index contributed by atoms with van der Waals surface area (Å²) in [6, 6.07) is 1.87. The van der Waals surface area contributed by atoms with Crippen molar-refractivity contribution in [2.75, 3.05) is 25.6 Å². The van der Waals surface area contributed by atoms with Crippen LogP contribution in [0.2, 0.25) is 0 Å². The number of anilines is 1. The Labute approximate surface area is 106 Å². The van der Waals surface area contributed by atoms with Crippen molar-refractivity contribution < 1.29 is 4.74 Å². The molecule has 2 rings (SSSR count). The Morgan fingerprint density at radius 3 is 3.06 bits per heavy atom. The Bertz CT molecular complexity index is 497. The van der Waals surface area contributed by atoms with Crippen LogP contribution >= 0.6 is 0 Å². The normalized spacial score (nSPS) is 10.6. The predicted octanol–water partition coefficient (Wildman–Crippen LogP) is 1.62. The summed E-state index contributed by atoms with van der Waals surface area (Å²) in [6.07, 6.45) is 4.51. The Kier molecular flexibility index (Phi) is 4.25. The minimum Gasteiger partial charge on any atom is -0.385 e. The maximum atomic E-state index is 4.98. The lowest BCUT2D eigenvalue weighted by Gasteiger charge is -2.05. The zero-order valence-corrected chi connectivity index (χ0v) is 10.6. The van der Waals surface area contributed by atoms with Gasteiger partial charge in [0.05, 0.1) is 11.4 Å². The summed E-state index contributed by atoms with van der Waals surface area (Å²) in [5.74, 6) is 0.629. The van der Waals surface area contributed by atoms with Crippen molar-refractivity contribution in [3.8, 4) is 11.3 Å². The van der Waals surface area contributed by atoms with Crippen molar-refractivity contribution in [3.05, 3.63) is 24.2 Å². The molecule has 18 heavy (non-hydrogen) atoms. The lowest BCUT2D eigenvalue weighted by Crippen LogP contribution is -2.07. The molecule has 0 unspecified atom stereocenters. The van der Waals surface area contributed by atoms with Crippen LogP contribution in [0, 0.1) is 6.92 Å². The maximum absolute atomic E-state index is 4.98. The van der Waals surface area contributed by atoms with E-state index in [1.54, 1.807) is 13.3 Å². The topological polar surface area (TPSA) is 75.7 Å². The molecule has 0 fully saturated rings. The van der Waals surface area contributed by atoms with Gasteiger partial charge < -0.3 is 10.1 Å². The molecule has 0 spiro atoms. The second kappa shape index (κ2) is 6.11. The summed E-state index contributed by atoms with van der Waals surface area (Å²) in [4.78, 5) is 8.63. The van der Waals surface area contributed by atoms with Gasteiger partial charge in [0, 0.05) is 38.2 Å². The lowest BCUT2D eigenvalue weighted by atomic mass is 10.2. The van der Waals surface area contributed by atoms with Gasteiger partial charge in [0.1, 0.15) is 0 Å². The molecule has 0 amide bonds. The molecule has 0 atom stereocenters. The monoisotopic (exact) mass is 247 g/mol. The van der Waals surface area contributed by atoms with E-state index in [-0.39, 0.29) is 0 Å². The number of aromatic amines is 1. The number of nitrogens with one attached hydrogen (secondary N) is 2. The van der Waals surface area contributed by atoms with E-state index >= 15 is 0 Å². The van der Waals surface area contributed by atoms with E-state index in [0.717, 1.165) is 36.5 Å². The van der Waals surface area contributed by atoms with E-state index in [2.05, 4.69) is 25.5 Å². The van der Waals surface area contributed by atoms with Gasteiger partial charge in [0.25, 0.3) is 0 Å². The number of ether oxygens (including phenoxy) is 1. The van der Waals surface area contributed by atoms with Crippen molar-refractivity contribution >= 4 is 5.95 Å². The van der Waals surface area contributed by atoms with Crippen molar-refractivity contribution in [3.63, 3.8) is 0 Å². The van der Waals surface area contributed by atoms with Crippen LogP contribution in [0.1, 0.15) is 12.1 Å². The average Bonchev–Trinajstić information content (AvgIpc) is 2.81. The molecule has 0 aromatic carbocycles. The summed E-state index contributed by atoms with van der Waals surface area (Å²) in [5, 5.41) is 10.1. The van der Waals surface area contributed by atoms with Crippen LogP contribution in [0.4, 0.5) is 5.95 Å². The predicted molar refractivity (Wildman–Crippen MR) is 69.3 cm³/mol. The van der Waals surface area contributed by atoms with E-state index < -0.39 is 0 Å². The van der Waals surface area contributed by atoms with Crippen LogP contribution in [-0.4, -0.2) is 40.4 Å². The van der Waals surface area contributed by atoms with E-state index in [1.807, 2.05) is 19.2 Å². The quantitative estimate of drug-likeness (QED) is 0.759. The van der Waals surface area contributed by atoms with Gasteiger partial charge in [0.15, 0.2) is 0 Å². The van der Waals surface area contributed by atoms with Crippen LogP contribution in [0.3, 0.4) is 0 Å². The van der Waals surface area contributed by atoms with Gasteiger partial charge >= 0.3 is 0 Å². The van der Waals surface area contributed by atoms with Gasteiger partial charge in [-0.25, -0.2) is 9.97 Å². The van der Waals surface area contributed by atoms with E-state index in [4.69, 9.17) is 4.74 Å². The molecule has 0 aliphatic carbocycles. The smallest absolute Gasteiger partial charge is 0.223 e. The molecule has 0 aliphatic rings. The molecule has 0 radical (unpaired) electrons. The van der Waals surface area contributed by atoms with Crippen LogP contribution in [-0.2, 0) is 4.74 Å². The third-order valence-corrected chi connectivity index (χ3v) is 2.57. The van der Waals surface area contributed by atoms with Gasteiger partial charge in [-0.3, -0.25) is 5.10 Å². The summed E-state index contributed by atoms with van der Waals surface area (Å²) in [7, 11) is 1.69. The molecule has 2 aromatic rings. The number of hydrogen-bond acceptors (Lipinski definition) is 5. The highest BCUT2D eigenvalue weighted by atomic mass is 16.5. The van der Waals surface area contributed by atoms with Crippen molar-refractivity contribution in [2.45, 2.75) is 13.3 Å². The highest BCUT2D eigenvalue weighted by Crippen LogP contribution is 2.19. The molecule has 0 aliphatic heterocycles. The van der Waals surface area contributed by atoms with Crippen molar-refractivity contribution in [1.82, 2.24) is 20.2 Å². The number of aryl methyl sites for hydroxylation is 1. The fraction of sp³-hybridized carbons (Fsp3) is 0.417. The Hall–Kier alpha value is -1.95. The zero-order chi connectivity index (χ0) is 12.8. The first-order chi connectivity index (χ1) is 8.81. The SMILES string of the molecule is COCCCNc1nccc(-c2c[nH]nc2C)n1. The Morgan fingerprint density at radius 1 is 1.44 bits per heavy atom. The number of nitrogens with zero attached hydrogens (tertiary/aromatic N) is 3. The molecule has 2 aromatic heterocycles. The van der Waals surface area contributed by atoms with Gasteiger partial charge in [-0.05, 0) is 19.4 Å². The van der Waals surface area contributed by atoms with Crippen molar-refractivity contribution in [1.29, 1.82) is 0 Å². The van der Waals surface area contributed by atoms with E-state index in [1.165, 1.54) is 0 Å². The lowest BCUT2D eigenvalue weighted by molar-refractivity contribution is 0.197. The Morgan fingerprint density at radius 2 is 2.33 bits per heavy atom. The fourth-order valence-electron chi connectivity index (χ4n) is 1.63. The molecule has 2 heterocycles. The van der Waals surface area contributed by atoms with Gasteiger partial charge in [-0.15, -0.1) is 0 Å². The average molecular weight is 247 g/mol. The second-order valence-electron chi connectivity index (χ2n) is 3.92. The van der Waals surface area contributed by atoms with Crippen LogP contribution in [0.5, 0.6) is 0 Å². The molecule has 2 N–H and O–H groups in total. The molecule has 6 nitrogen and oxygen atoms in total. The molecular formula is C12H17N5O. The van der Waals surface area contributed by atoms with Crippen LogP contribution in [0.25, 0.3) is 11.3 Å². The van der Waals surface area contributed by atoms with Crippen LogP contribution in [0.15, 0.2) is 18.5 Å². The molecule has 0 saturated heterocycles. The van der Waals surface area contributed by atoms with Gasteiger partial charge in [-0.2, -0.15) is 5.10 Å². The summed E-state index contributed by atoms with van der Waals surface area (Å²) in [5.41, 5.74) is 2.79. The number of methoxy groups -OCH3 is 1. The zero-order valence-electron chi connectivity index (χ0n) is 10.6. The molecule has 6 heteroatoms. The largest absolute Gasteiger partial charge is 0.385 e. The first-order valence-electron chi connectivity index (χ1n) is 5.88. The first kappa shape index (κ1) is 12.5. The minimum absolute atomic E-state index is 0.629. The third kappa shape index (κ3) is 3.04.